The molecule has 0 saturated carbocycles. The standard InChI is InChI=1S/C18H20N2O3/c1-11(21)23-9-7-12-10-16-17-14(6-8-20(16)18(12)22)13-4-2-3-5-15(13)19-17/h2-5,12,16,19H,6-10H2,1H3/t12-,16-/m1/s1. The Kier molecular flexibility index (Phi) is 3.36. The summed E-state index contributed by atoms with van der Waals surface area (Å²) < 4.78 is 5.01. The lowest BCUT2D eigenvalue weighted by molar-refractivity contribution is -0.142. The molecule has 5 nitrogen and oxygen atoms in total. The number of ether oxygens (including phenoxy) is 1. The number of esters is 1. The highest BCUT2D eigenvalue weighted by atomic mass is 16.5. The van der Waals surface area contributed by atoms with Crippen LogP contribution in [0, 0.1) is 5.92 Å². The van der Waals surface area contributed by atoms with Crippen molar-refractivity contribution < 1.29 is 14.3 Å². The minimum atomic E-state index is -0.286. The molecular weight excluding hydrogens is 292 g/mol. The molecule has 0 aliphatic carbocycles. The highest BCUT2D eigenvalue weighted by Crippen LogP contribution is 2.43. The summed E-state index contributed by atoms with van der Waals surface area (Å²) in [6, 6.07) is 8.47. The van der Waals surface area contributed by atoms with E-state index in [1.807, 2.05) is 11.0 Å². The lowest BCUT2D eigenvalue weighted by Crippen LogP contribution is -2.35. The van der Waals surface area contributed by atoms with Gasteiger partial charge in [0.05, 0.1) is 12.6 Å². The molecule has 3 heterocycles. The van der Waals surface area contributed by atoms with Crippen molar-refractivity contribution in [2.75, 3.05) is 13.2 Å². The summed E-state index contributed by atoms with van der Waals surface area (Å²) in [4.78, 5) is 29.0. The molecule has 1 N–H and O–H groups in total. The third-order valence-corrected chi connectivity index (χ3v) is 5.07. The molecular formula is C18H20N2O3. The van der Waals surface area contributed by atoms with E-state index in [-0.39, 0.29) is 23.8 Å². The van der Waals surface area contributed by atoms with E-state index in [1.54, 1.807) is 0 Å². The molecule has 1 aromatic heterocycles. The summed E-state index contributed by atoms with van der Waals surface area (Å²) in [7, 11) is 0. The van der Waals surface area contributed by atoms with E-state index in [0.717, 1.165) is 24.9 Å². The van der Waals surface area contributed by atoms with Gasteiger partial charge in [-0.2, -0.15) is 0 Å². The average Bonchev–Trinajstić information content (AvgIpc) is 3.06. The summed E-state index contributed by atoms with van der Waals surface area (Å²) in [6.45, 7) is 2.50. The van der Waals surface area contributed by atoms with Gasteiger partial charge in [0.2, 0.25) is 5.91 Å². The molecule has 1 aromatic carbocycles. The number of amides is 1. The minimum Gasteiger partial charge on any atom is -0.466 e. The number of aromatic amines is 1. The number of nitrogens with one attached hydrogen (secondary N) is 1. The van der Waals surface area contributed by atoms with Crippen molar-refractivity contribution in [1.82, 2.24) is 9.88 Å². The van der Waals surface area contributed by atoms with Crippen molar-refractivity contribution in [3.05, 3.63) is 35.5 Å². The predicted octanol–water partition coefficient (Wildman–Crippen LogP) is 2.57. The van der Waals surface area contributed by atoms with Crippen LogP contribution in [0.1, 0.15) is 37.1 Å². The van der Waals surface area contributed by atoms with Crippen LogP contribution in [-0.4, -0.2) is 34.9 Å². The number of H-pyrrole nitrogens is 1. The molecule has 4 rings (SSSR count). The quantitative estimate of drug-likeness (QED) is 0.886. The van der Waals surface area contributed by atoms with E-state index < -0.39 is 0 Å². The van der Waals surface area contributed by atoms with Crippen molar-refractivity contribution in [3.63, 3.8) is 0 Å². The molecule has 0 unspecified atom stereocenters. The van der Waals surface area contributed by atoms with Crippen LogP contribution in [0.15, 0.2) is 24.3 Å². The number of para-hydroxylation sites is 1. The summed E-state index contributed by atoms with van der Waals surface area (Å²) >= 11 is 0. The first-order valence-electron chi connectivity index (χ1n) is 8.18. The Hall–Kier alpha value is -2.30. The Balaban J connectivity index is 1.59. The minimum absolute atomic E-state index is 0.0447. The first-order chi connectivity index (χ1) is 11.1. The average molecular weight is 312 g/mol. The fourth-order valence-electron chi connectivity index (χ4n) is 4.02. The van der Waals surface area contributed by atoms with Crippen LogP contribution in [0.25, 0.3) is 10.9 Å². The van der Waals surface area contributed by atoms with Crippen molar-refractivity contribution in [2.45, 2.75) is 32.2 Å². The van der Waals surface area contributed by atoms with E-state index in [2.05, 4.69) is 23.2 Å². The topological polar surface area (TPSA) is 62.4 Å². The molecule has 23 heavy (non-hydrogen) atoms. The van der Waals surface area contributed by atoms with Crippen LogP contribution in [-0.2, 0) is 20.7 Å². The molecule has 2 aliphatic heterocycles. The van der Waals surface area contributed by atoms with Crippen LogP contribution in [0.4, 0.5) is 0 Å². The Morgan fingerprint density at radius 1 is 1.39 bits per heavy atom. The van der Waals surface area contributed by atoms with Gasteiger partial charge < -0.3 is 14.6 Å². The van der Waals surface area contributed by atoms with Gasteiger partial charge in [-0.1, -0.05) is 18.2 Å². The van der Waals surface area contributed by atoms with Crippen LogP contribution in [0.3, 0.4) is 0 Å². The van der Waals surface area contributed by atoms with Gasteiger partial charge in [-0.15, -0.1) is 0 Å². The highest BCUT2D eigenvalue weighted by molar-refractivity contribution is 5.87. The smallest absolute Gasteiger partial charge is 0.302 e. The fraction of sp³-hybridized carbons (Fsp3) is 0.444. The number of aromatic nitrogens is 1. The zero-order valence-electron chi connectivity index (χ0n) is 13.2. The van der Waals surface area contributed by atoms with Gasteiger partial charge in [0.1, 0.15) is 0 Å². The predicted molar refractivity (Wildman–Crippen MR) is 85.8 cm³/mol. The molecule has 5 heteroatoms. The van der Waals surface area contributed by atoms with E-state index >= 15 is 0 Å². The maximum absolute atomic E-state index is 12.6. The lowest BCUT2D eigenvalue weighted by Gasteiger charge is -2.29. The van der Waals surface area contributed by atoms with Crippen LogP contribution in [0.2, 0.25) is 0 Å². The molecule has 1 fully saturated rings. The Morgan fingerprint density at radius 3 is 3.04 bits per heavy atom. The van der Waals surface area contributed by atoms with Crippen molar-refractivity contribution in [1.29, 1.82) is 0 Å². The molecule has 0 spiro atoms. The summed E-state index contributed by atoms with van der Waals surface area (Å²) in [6.07, 6.45) is 2.32. The zero-order valence-corrected chi connectivity index (χ0v) is 13.2. The number of carbonyl (C=O) groups is 2. The fourth-order valence-corrected chi connectivity index (χ4v) is 4.02. The van der Waals surface area contributed by atoms with Gasteiger partial charge in [0.15, 0.2) is 0 Å². The van der Waals surface area contributed by atoms with Crippen molar-refractivity contribution in [2.24, 2.45) is 5.92 Å². The second-order valence-corrected chi connectivity index (χ2v) is 6.42. The molecule has 2 aromatic rings. The van der Waals surface area contributed by atoms with Gasteiger partial charge in [0, 0.05) is 36.0 Å². The normalized spacial score (nSPS) is 23.0. The number of nitrogens with zero attached hydrogens (tertiary/aromatic N) is 1. The Morgan fingerprint density at radius 2 is 2.22 bits per heavy atom. The number of hydrogen-bond donors (Lipinski definition) is 1. The number of hydrogen-bond acceptors (Lipinski definition) is 3. The molecule has 2 atom stereocenters. The molecule has 0 bridgehead atoms. The SMILES string of the molecule is CC(=O)OCC[C@@H]1C[C@@H]2c3[nH]c4ccccc4c3CCN2C1=O. The largest absolute Gasteiger partial charge is 0.466 e. The monoisotopic (exact) mass is 312 g/mol. The second-order valence-electron chi connectivity index (χ2n) is 6.42. The van der Waals surface area contributed by atoms with Gasteiger partial charge in [-0.3, -0.25) is 9.59 Å². The van der Waals surface area contributed by atoms with E-state index in [9.17, 15) is 9.59 Å². The Labute approximate surface area is 134 Å². The van der Waals surface area contributed by atoms with Crippen LogP contribution in [0.5, 0.6) is 0 Å². The summed E-state index contributed by atoms with van der Waals surface area (Å²) in [5, 5.41) is 1.28. The molecule has 120 valence electrons. The van der Waals surface area contributed by atoms with Crippen LogP contribution < -0.4 is 0 Å². The maximum Gasteiger partial charge on any atom is 0.302 e. The van der Waals surface area contributed by atoms with Gasteiger partial charge in [0.25, 0.3) is 0 Å². The number of carbonyl (C=O) groups excluding carboxylic acids is 2. The number of rotatable bonds is 3. The van der Waals surface area contributed by atoms with Crippen molar-refractivity contribution >= 4 is 22.8 Å². The second kappa shape index (κ2) is 5.41. The third kappa shape index (κ3) is 2.31. The number of benzene rings is 1. The van der Waals surface area contributed by atoms with E-state index in [1.165, 1.54) is 23.6 Å². The summed E-state index contributed by atoms with van der Waals surface area (Å²) in [5.74, 6) is -0.130. The van der Waals surface area contributed by atoms with Gasteiger partial charge >= 0.3 is 5.97 Å². The van der Waals surface area contributed by atoms with E-state index in [4.69, 9.17) is 4.74 Å². The maximum atomic E-state index is 12.6. The molecule has 0 radical (unpaired) electrons. The third-order valence-electron chi connectivity index (χ3n) is 5.07. The van der Waals surface area contributed by atoms with Crippen molar-refractivity contribution in [3.8, 4) is 0 Å². The summed E-state index contributed by atoms with van der Waals surface area (Å²) in [5.41, 5.74) is 3.70. The first-order valence-corrected chi connectivity index (χ1v) is 8.18. The Bertz CT molecular complexity index is 780. The molecule has 1 saturated heterocycles. The molecule has 1 amide bonds. The van der Waals surface area contributed by atoms with Gasteiger partial charge in [-0.25, -0.2) is 0 Å². The lowest BCUT2D eigenvalue weighted by atomic mass is 9.95. The first kappa shape index (κ1) is 14.3. The van der Waals surface area contributed by atoms with Gasteiger partial charge in [-0.05, 0) is 30.9 Å². The number of fused-ring (bicyclic) bond motifs is 5. The molecule has 2 aliphatic rings. The van der Waals surface area contributed by atoms with E-state index in [0.29, 0.717) is 13.0 Å². The highest BCUT2D eigenvalue weighted by Gasteiger charge is 2.43. The zero-order chi connectivity index (χ0) is 16.0. The van der Waals surface area contributed by atoms with Crippen LogP contribution >= 0.6 is 0 Å².